The van der Waals surface area contributed by atoms with Crippen molar-refractivity contribution in [3.05, 3.63) is 0 Å². The maximum absolute atomic E-state index is 10.5. The first-order valence-corrected chi connectivity index (χ1v) is 8.53. The maximum Gasteiger partial charge on any atom is 0.184 e. The third-order valence-electron chi connectivity index (χ3n) is 5.92. The molecule has 134 valence electrons. The first kappa shape index (κ1) is 17.5. The van der Waals surface area contributed by atoms with E-state index in [0.717, 1.165) is 0 Å². The molecule has 0 aromatic rings. The maximum atomic E-state index is 10.5. The Labute approximate surface area is 135 Å². The second kappa shape index (κ2) is 6.92. The molecular weight excluding hydrogens is 304 g/mol. The molecule has 0 bridgehead atoms. The van der Waals surface area contributed by atoms with E-state index < -0.39 is 30.5 Å². The normalized spacial score (nSPS) is 54.5. The van der Waals surface area contributed by atoms with Crippen molar-refractivity contribution < 1.29 is 35.0 Å². The smallest absolute Gasteiger partial charge is 0.184 e. The highest BCUT2D eigenvalue weighted by atomic mass is 16.5. The van der Waals surface area contributed by atoms with Gasteiger partial charge in [0.05, 0.1) is 30.3 Å². The first-order valence-electron chi connectivity index (χ1n) is 8.53. The van der Waals surface area contributed by atoms with Crippen molar-refractivity contribution in [2.45, 2.75) is 80.9 Å². The van der Waals surface area contributed by atoms with Crippen LogP contribution in [0.25, 0.3) is 0 Å². The van der Waals surface area contributed by atoms with Crippen molar-refractivity contribution in [3.8, 4) is 0 Å². The molecule has 0 amide bonds. The van der Waals surface area contributed by atoms with E-state index in [1.807, 2.05) is 0 Å². The van der Waals surface area contributed by atoms with Crippen molar-refractivity contribution in [2.75, 3.05) is 7.11 Å². The van der Waals surface area contributed by atoms with Crippen molar-refractivity contribution in [1.29, 1.82) is 0 Å². The lowest BCUT2D eigenvalue weighted by molar-refractivity contribution is -0.301. The van der Waals surface area contributed by atoms with E-state index in [2.05, 4.69) is 0 Å². The van der Waals surface area contributed by atoms with E-state index >= 15 is 0 Å². The lowest BCUT2D eigenvalue weighted by Crippen LogP contribution is -2.59. The highest BCUT2D eigenvalue weighted by Gasteiger charge is 2.52. The molecule has 0 aromatic carbocycles. The van der Waals surface area contributed by atoms with Crippen LogP contribution in [-0.2, 0) is 4.74 Å². The van der Waals surface area contributed by atoms with Crippen LogP contribution in [0.1, 0.15) is 32.1 Å². The Hall–Kier alpha value is -0.280. The standard InChI is InChI=1S/C16H28O7/c1-22-13-4-8(17)5-14-9(13)6-12(20)16(23-14)7-2-10(18)15(21)11(19)3-7/h7-21H,2-6H2,1H3/p+1. The van der Waals surface area contributed by atoms with Crippen molar-refractivity contribution in [2.24, 2.45) is 11.8 Å². The van der Waals surface area contributed by atoms with Crippen LogP contribution < -0.4 is 0 Å². The van der Waals surface area contributed by atoms with Crippen LogP contribution in [0.5, 0.6) is 0 Å². The van der Waals surface area contributed by atoms with Gasteiger partial charge in [-0.1, -0.05) is 0 Å². The number of rotatable bonds is 2. The Bertz CT molecular complexity index is 394. The van der Waals surface area contributed by atoms with Gasteiger partial charge in [0.2, 0.25) is 0 Å². The van der Waals surface area contributed by atoms with E-state index in [1.54, 1.807) is 7.11 Å². The molecule has 7 nitrogen and oxygen atoms in total. The second-order valence-corrected chi connectivity index (χ2v) is 7.43. The van der Waals surface area contributed by atoms with E-state index in [-0.39, 0.29) is 30.1 Å². The molecule has 3 rings (SSSR count). The molecule has 6 N–H and O–H groups in total. The van der Waals surface area contributed by atoms with Gasteiger partial charge in [0.15, 0.2) is 12.2 Å². The van der Waals surface area contributed by atoms with Crippen LogP contribution in [0, 0.1) is 11.8 Å². The summed E-state index contributed by atoms with van der Waals surface area (Å²) in [5, 5.41) is 50.0. The number of fused-ring (bicyclic) bond motifs is 1. The topological polar surface area (TPSA) is 123 Å². The Morgan fingerprint density at radius 2 is 1.48 bits per heavy atom. The summed E-state index contributed by atoms with van der Waals surface area (Å²) in [7, 11) is 1.62. The molecule has 3 fully saturated rings. The van der Waals surface area contributed by atoms with Crippen molar-refractivity contribution >= 4 is 0 Å². The quantitative estimate of drug-likeness (QED) is 0.384. The van der Waals surface area contributed by atoms with Gasteiger partial charge in [0.25, 0.3) is 0 Å². The van der Waals surface area contributed by atoms with Crippen LogP contribution in [-0.4, -0.2) is 86.2 Å². The average molecular weight is 333 g/mol. The molecule has 7 heteroatoms. The molecule has 1 aliphatic heterocycles. The fraction of sp³-hybridized carbons (Fsp3) is 1.00. The van der Waals surface area contributed by atoms with Crippen LogP contribution in [0.3, 0.4) is 0 Å². The van der Waals surface area contributed by atoms with E-state index in [0.29, 0.717) is 32.1 Å². The van der Waals surface area contributed by atoms with Crippen LogP contribution in [0.2, 0.25) is 0 Å². The van der Waals surface area contributed by atoms with Crippen molar-refractivity contribution in [3.63, 3.8) is 0 Å². The SMILES string of the molecule is COC1CC(O)CC2[OH+]C(C3CC(O)C(O)C(O)C3)C(O)CC12. The molecule has 1 heterocycles. The fourth-order valence-corrected chi connectivity index (χ4v) is 4.70. The van der Waals surface area contributed by atoms with Gasteiger partial charge < -0.3 is 35.0 Å². The van der Waals surface area contributed by atoms with Gasteiger partial charge >= 0.3 is 0 Å². The molecule has 2 aliphatic carbocycles. The Balaban J connectivity index is 1.70. The summed E-state index contributed by atoms with van der Waals surface area (Å²) in [5.41, 5.74) is 0. The van der Waals surface area contributed by atoms with Crippen LogP contribution in [0.4, 0.5) is 0 Å². The predicted octanol–water partition coefficient (Wildman–Crippen LogP) is -1.71. The van der Waals surface area contributed by atoms with E-state index in [1.165, 1.54) is 0 Å². The summed E-state index contributed by atoms with van der Waals surface area (Å²) in [6.45, 7) is 0. The highest BCUT2D eigenvalue weighted by Crippen LogP contribution is 2.40. The first-order chi connectivity index (χ1) is 10.9. The van der Waals surface area contributed by atoms with Gasteiger partial charge in [0, 0.05) is 25.9 Å². The Kier molecular flexibility index (Phi) is 5.27. The lowest BCUT2D eigenvalue weighted by atomic mass is 9.72. The van der Waals surface area contributed by atoms with Gasteiger partial charge in [-0.05, 0) is 19.3 Å². The van der Waals surface area contributed by atoms with E-state index in [9.17, 15) is 25.5 Å². The zero-order valence-corrected chi connectivity index (χ0v) is 13.4. The molecule has 0 radical (unpaired) electrons. The summed E-state index contributed by atoms with van der Waals surface area (Å²) < 4.78 is 10.2. The molecule has 2 saturated carbocycles. The zero-order chi connectivity index (χ0) is 16.7. The molecule has 1 saturated heterocycles. The van der Waals surface area contributed by atoms with Crippen LogP contribution in [0.15, 0.2) is 0 Å². The largest absolute Gasteiger partial charge is 0.427 e. The summed E-state index contributed by atoms with van der Waals surface area (Å²) in [4.78, 5) is 0. The number of hydrogen-bond donors (Lipinski definition) is 5. The summed E-state index contributed by atoms with van der Waals surface area (Å²) in [5.74, 6) is -0.0712. The monoisotopic (exact) mass is 333 g/mol. The second-order valence-electron chi connectivity index (χ2n) is 7.43. The molecule has 0 spiro atoms. The molecular formula is C16H29O7+. The predicted molar refractivity (Wildman–Crippen MR) is 80.7 cm³/mol. The van der Waals surface area contributed by atoms with Gasteiger partial charge in [-0.2, -0.15) is 0 Å². The minimum atomic E-state index is -1.13. The number of ether oxygens (including phenoxy) is 2. The van der Waals surface area contributed by atoms with Gasteiger partial charge in [-0.15, -0.1) is 0 Å². The van der Waals surface area contributed by atoms with Gasteiger partial charge in [-0.3, -0.25) is 0 Å². The zero-order valence-electron chi connectivity index (χ0n) is 13.4. The molecule has 0 aromatic heterocycles. The third-order valence-corrected chi connectivity index (χ3v) is 5.92. The average Bonchev–Trinajstić information content (AvgIpc) is 2.51. The number of aliphatic hydroxyl groups is 7. The molecule has 23 heavy (non-hydrogen) atoms. The number of methoxy groups -OCH3 is 1. The van der Waals surface area contributed by atoms with Gasteiger partial charge in [0.1, 0.15) is 12.2 Å². The minimum absolute atomic E-state index is 0.0711. The summed E-state index contributed by atoms with van der Waals surface area (Å²) in [6, 6.07) is 0. The fourth-order valence-electron chi connectivity index (χ4n) is 4.70. The Morgan fingerprint density at radius 3 is 2.09 bits per heavy atom. The highest BCUT2D eigenvalue weighted by molar-refractivity contribution is 4.98. The van der Waals surface area contributed by atoms with E-state index in [4.69, 9.17) is 9.47 Å². The molecule has 8 atom stereocenters. The number of aliphatic hydroxyl groups excluding tert-OH is 5. The molecule has 3 aliphatic rings. The number of hydrogen-bond acceptors (Lipinski definition) is 6. The Morgan fingerprint density at radius 1 is 0.826 bits per heavy atom. The minimum Gasteiger partial charge on any atom is -0.427 e. The third kappa shape index (κ3) is 3.42. The molecule has 8 unspecified atom stereocenters. The van der Waals surface area contributed by atoms with Crippen molar-refractivity contribution in [1.82, 2.24) is 0 Å². The summed E-state index contributed by atoms with van der Waals surface area (Å²) in [6.07, 6.45) is -2.46. The van der Waals surface area contributed by atoms with Crippen LogP contribution >= 0.6 is 0 Å². The summed E-state index contributed by atoms with van der Waals surface area (Å²) >= 11 is 0. The lowest BCUT2D eigenvalue weighted by Gasteiger charge is -2.46. The van der Waals surface area contributed by atoms with Gasteiger partial charge in [-0.25, -0.2) is 0 Å².